The SMILES string of the molecule is COc1cc(-c2cccc(-c3cccc(NC(=O)C4CN(C)C(=O)N(C)C4=O)c3C)c2C)cc(F)c1CNCCCC(N)=O. The van der Waals surface area contributed by atoms with Gasteiger partial charge in [-0.05, 0) is 78.4 Å². The standard InChI is InChI=1S/C33H38FN5O5/c1-19-22(21-15-27(34)25(29(16-21)44-5)17-36-14-8-13-30(35)40)9-6-10-23(19)24-11-7-12-28(20(24)2)37-31(41)26-18-38(3)33(43)39(4)32(26)42/h6-7,9-12,15-16,26,36H,8,13-14,17-18H2,1-5H3,(H2,35,40)(H,37,41). The summed E-state index contributed by atoms with van der Waals surface area (Å²) in [5.41, 5.74) is 11.1. The summed E-state index contributed by atoms with van der Waals surface area (Å²) in [6, 6.07) is 14.1. The molecular weight excluding hydrogens is 565 g/mol. The molecule has 5 amide bonds. The van der Waals surface area contributed by atoms with Gasteiger partial charge < -0.3 is 26.0 Å². The number of nitrogens with zero attached hydrogens (tertiary/aromatic N) is 2. The predicted molar refractivity (Wildman–Crippen MR) is 166 cm³/mol. The number of carbonyl (C=O) groups excluding carboxylic acids is 4. The summed E-state index contributed by atoms with van der Waals surface area (Å²) >= 11 is 0. The van der Waals surface area contributed by atoms with E-state index in [-0.39, 0.29) is 25.4 Å². The second kappa shape index (κ2) is 13.7. The topological polar surface area (TPSA) is 134 Å². The third-order valence-electron chi connectivity index (χ3n) is 7.99. The van der Waals surface area contributed by atoms with Crippen LogP contribution in [-0.4, -0.2) is 67.8 Å². The molecule has 3 aromatic carbocycles. The first-order valence-corrected chi connectivity index (χ1v) is 14.3. The van der Waals surface area contributed by atoms with Crippen molar-refractivity contribution in [1.29, 1.82) is 0 Å². The molecule has 1 fully saturated rings. The number of ether oxygens (including phenoxy) is 1. The van der Waals surface area contributed by atoms with Crippen molar-refractivity contribution in [2.24, 2.45) is 11.7 Å². The molecule has 11 heteroatoms. The first-order chi connectivity index (χ1) is 20.9. The van der Waals surface area contributed by atoms with Gasteiger partial charge in [-0.25, -0.2) is 9.18 Å². The number of nitrogens with two attached hydrogens (primary N) is 1. The molecule has 0 bridgehead atoms. The molecule has 0 aliphatic carbocycles. The molecule has 44 heavy (non-hydrogen) atoms. The maximum Gasteiger partial charge on any atom is 0.326 e. The first-order valence-electron chi connectivity index (χ1n) is 14.3. The van der Waals surface area contributed by atoms with E-state index in [1.54, 1.807) is 19.2 Å². The number of anilines is 1. The van der Waals surface area contributed by atoms with Gasteiger partial charge in [0, 0.05) is 44.9 Å². The Balaban J connectivity index is 1.60. The van der Waals surface area contributed by atoms with Crippen LogP contribution in [0.1, 0.15) is 29.5 Å². The van der Waals surface area contributed by atoms with Gasteiger partial charge in [0.05, 0.1) is 7.11 Å². The van der Waals surface area contributed by atoms with Gasteiger partial charge >= 0.3 is 6.03 Å². The van der Waals surface area contributed by atoms with E-state index < -0.39 is 29.6 Å². The Morgan fingerprint density at radius 2 is 1.68 bits per heavy atom. The van der Waals surface area contributed by atoms with E-state index in [4.69, 9.17) is 10.5 Å². The smallest absolute Gasteiger partial charge is 0.326 e. The number of rotatable bonds is 11. The number of benzene rings is 3. The molecule has 1 aliphatic rings. The van der Waals surface area contributed by atoms with Gasteiger partial charge in [0.15, 0.2) is 0 Å². The van der Waals surface area contributed by atoms with Crippen molar-refractivity contribution < 1.29 is 28.3 Å². The number of hydrogen-bond acceptors (Lipinski definition) is 6. The number of carbonyl (C=O) groups is 4. The van der Waals surface area contributed by atoms with Crippen LogP contribution in [0, 0.1) is 25.6 Å². The summed E-state index contributed by atoms with van der Waals surface area (Å²) in [5.74, 6) is -2.44. The summed E-state index contributed by atoms with van der Waals surface area (Å²) in [7, 11) is 4.41. The highest BCUT2D eigenvalue weighted by Gasteiger charge is 2.39. The lowest BCUT2D eigenvalue weighted by molar-refractivity contribution is -0.140. The van der Waals surface area contributed by atoms with Crippen LogP contribution in [0.15, 0.2) is 48.5 Å². The van der Waals surface area contributed by atoms with Gasteiger partial charge in [-0.2, -0.15) is 0 Å². The molecule has 4 N–H and O–H groups in total. The molecule has 0 saturated carbocycles. The van der Waals surface area contributed by atoms with Crippen LogP contribution in [0.5, 0.6) is 5.75 Å². The highest BCUT2D eigenvalue weighted by Crippen LogP contribution is 2.37. The Hall–Kier alpha value is -4.77. The molecule has 1 saturated heterocycles. The number of nitrogens with one attached hydrogen (secondary N) is 2. The number of primary amides is 1. The van der Waals surface area contributed by atoms with E-state index in [9.17, 15) is 19.2 Å². The number of methoxy groups -OCH3 is 1. The number of urea groups is 1. The van der Waals surface area contributed by atoms with Crippen molar-refractivity contribution in [2.45, 2.75) is 33.2 Å². The van der Waals surface area contributed by atoms with Crippen molar-refractivity contribution in [3.8, 4) is 28.0 Å². The zero-order valence-corrected chi connectivity index (χ0v) is 25.6. The average Bonchev–Trinajstić information content (AvgIpc) is 2.99. The molecule has 0 spiro atoms. The van der Waals surface area contributed by atoms with Crippen LogP contribution in [0.2, 0.25) is 0 Å². The fourth-order valence-electron chi connectivity index (χ4n) is 5.45. The fourth-order valence-corrected chi connectivity index (χ4v) is 5.45. The van der Waals surface area contributed by atoms with E-state index in [1.165, 1.54) is 25.1 Å². The molecule has 1 unspecified atom stereocenters. The summed E-state index contributed by atoms with van der Waals surface area (Å²) in [4.78, 5) is 51.2. The molecular formula is C33H38FN5O5. The fraction of sp³-hybridized carbons (Fsp3) is 0.333. The number of hydrogen-bond donors (Lipinski definition) is 3. The summed E-state index contributed by atoms with van der Waals surface area (Å²) in [6.45, 7) is 4.59. The monoisotopic (exact) mass is 603 g/mol. The lowest BCUT2D eigenvalue weighted by Crippen LogP contribution is -2.56. The zero-order chi connectivity index (χ0) is 32.1. The molecule has 1 heterocycles. The second-order valence-corrected chi connectivity index (χ2v) is 10.9. The van der Waals surface area contributed by atoms with Crippen molar-refractivity contribution in [3.05, 3.63) is 71.0 Å². The van der Waals surface area contributed by atoms with E-state index in [1.807, 2.05) is 44.2 Å². The summed E-state index contributed by atoms with van der Waals surface area (Å²) in [5, 5.41) is 6.01. The number of amides is 5. The van der Waals surface area contributed by atoms with Gasteiger partial charge in [-0.15, -0.1) is 0 Å². The van der Waals surface area contributed by atoms with Gasteiger partial charge in [0.2, 0.25) is 17.7 Å². The minimum absolute atomic E-state index is 0.00208. The molecule has 0 aromatic heterocycles. The Bertz CT molecular complexity index is 1610. The quantitative estimate of drug-likeness (QED) is 0.222. The predicted octanol–water partition coefficient (Wildman–Crippen LogP) is 4.22. The van der Waals surface area contributed by atoms with Gasteiger partial charge in [0.1, 0.15) is 17.5 Å². The lowest BCUT2D eigenvalue weighted by atomic mass is 9.90. The third-order valence-corrected chi connectivity index (χ3v) is 7.99. The van der Waals surface area contributed by atoms with Crippen LogP contribution >= 0.6 is 0 Å². The second-order valence-electron chi connectivity index (χ2n) is 10.9. The zero-order valence-electron chi connectivity index (χ0n) is 25.6. The van der Waals surface area contributed by atoms with E-state index in [0.29, 0.717) is 35.5 Å². The van der Waals surface area contributed by atoms with Crippen LogP contribution in [0.4, 0.5) is 14.9 Å². The molecule has 3 aromatic rings. The molecule has 4 rings (SSSR count). The average molecular weight is 604 g/mol. The maximum absolute atomic E-state index is 15.4. The normalized spacial score (nSPS) is 15.0. The molecule has 1 aliphatic heterocycles. The Labute approximate surface area is 256 Å². The minimum Gasteiger partial charge on any atom is -0.496 e. The third kappa shape index (κ3) is 6.73. The van der Waals surface area contributed by atoms with Crippen molar-refractivity contribution >= 4 is 29.4 Å². The summed E-state index contributed by atoms with van der Waals surface area (Å²) < 4.78 is 20.9. The van der Waals surface area contributed by atoms with Gasteiger partial charge in [-0.1, -0.05) is 30.3 Å². The Kier molecular flexibility index (Phi) is 10.00. The van der Waals surface area contributed by atoms with Crippen molar-refractivity contribution in [2.75, 3.05) is 39.6 Å². The van der Waals surface area contributed by atoms with Crippen molar-refractivity contribution in [1.82, 2.24) is 15.1 Å². The molecule has 1 atom stereocenters. The largest absolute Gasteiger partial charge is 0.496 e. The van der Waals surface area contributed by atoms with Gasteiger partial charge in [-0.3, -0.25) is 19.3 Å². The maximum atomic E-state index is 15.4. The highest BCUT2D eigenvalue weighted by molar-refractivity contribution is 6.12. The molecule has 232 valence electrons. The summed E-state index contributed by atoms with van der Waals surface area (Å²) in [6.07, 6.45) is 0.815. The van der Waals surface area contributed by atoms with Crippen LogP contribution < -0.4 is 21.1 Å². The van der Waals surface area contributed by atoms with Crippen LogP contribution in [-0.2, 0) is 20.9 Å². The number of halogens is 1. The Morgan fingerprint density at radius 3 is 2.36 bits per heavy atom. The van der Waals surface area contributed by atoms with E-state index in [2.05, 4.69) is 10.6 Å². The molecule has 0 radical (unpaired) electrons. The number of imide groups is 1. The van der Waals surface area contributed by atoms with Crippen molar-refractivity contribution in [3.63, 3.8) is 0 Å². The van der Waals surface area contributed by atoms with Gasteiger partial charge in [0.25, 0.3) is 0 Å². The Morgan fingerprint density at radius 1 is 1.02 bits per heavy atom. The van der Waals surface area contributed by atoms with E-state index in [0.717, 1.165) is 32.7 Å². The van der Waals surface area contributed by atoms with E-state index >= 15 is 4.39 Å². The highest BCUT2D eigenvalue weighted by atomic mass is 19.1. The molecule has 10 nitrogen and oxygen atoms in total. The first kappa shape index (κ1) is 32.2. The van der Waals surface area contributed by atoms with Crippen LogP contribution in [0.25, 0.3) is 22.3 Å². The van der Waals surface area contributed by atoms with Crippen LogP contribution in [0.3, 0.4) is 0 Å². The minimum atomic E-state index is -1.02. The lowest BCUT2D eigenvalue weighted by Gasteiger charge is -2.33.